The fourth-order valence-electron chi connectivity index (χ4n) is 1.17. The van der Waals surface area contributed by atoms with Crippen molar-refractivity contribution in [2.24, 2.45) is 5.90 Å². The Labute approximate surface area is 90.1 Å². The molecular formula is C7H11N3O2S2. The number of hydrogen-bond donors (Lipinski definition) is 1. The quantitative estimate of drug-likeness (QED) is 0.780. The third-order valence-corrected chi connectivity index (χ3v) is 4.55. The molecule has 0 aromatic carbocycles. The summed E-state index contributed by atoms with van der Waals surface area (Å²) < 4.78 is 4.97. The molecule has 0 saturated carbocycles. The zero-order chi connectivity index (χ0) is 9.80. The second-order valence-electron chi connectivity index (χ2n) is 2.79. The number of thioether (sulfide) groups is 2. The largest absolute Gasteiger partial charge is 0.337 e. The Hall–Kier alpha value is -0.240. The van der Waals surface area contributed by atoms with E-state index in [9.17, 15) is 0 Å². The Morgan fingerprint density at radius 2 is 2.50 bits per heavy atom. The van der Waals surface area contributed by atoms with Crippen molar-refractivity contribution >= 4 is 23.5 Å². The Balaban J connectivity index is 2.00. The average molecular weight is 233 g/mol. The summed E-state index contributed by atoms with van der Waals surface area (Å²) in [6.45, 7) is 0.178. The smallest absolute Gasteiger partial charge is 0.254 e. The minimum Gasteiger partial charge on any atom is -0.337 e. The predicted octanol–water partition coefficient (Wildman–Crippen LogP) is 0.981. The summed E-state index contributed by atoms with van der Waals surface area (Å²) >= 11 is 3.79. The first-order valence-electron chi connectivity index (χ1n) is 4.23. The van der Waals surface area contributed by atoms with Gasteiger partial charge in [-0.3, -0.25) is 4.84 Å². The highest BCUT2D eigenvalue weighted by Gasteiger charge is 2.21. The Morgan fingerprint density at radius 1 is 1.57 bits per heavy atom. The molecular weight excluding hydrogens is 222 g/mol. The van der Waals surface area contributed by atoms with Crippen molar-refractivity contribution < 1.29 is 9.36 Å². The first-order valence-corrected chi connectivity index (χ1v) is 6.44. The van der Waals surface area contributed by atoms with E-state index in [1.165, 1.54) is 5.75 Å². The lowest BCUT2D eigenvalue weighted by Crippen LogP contribution is -2.08. The lowest BCUT2D eigenvalue weighted by Gasteiger charge is -2.16. The van der Waals surface area contributed by atoms with Crippen molar-refractivity contribution in [3.05, 3.63) is 11.7 Å². The highest BCUT2D eigenvalue weighted by atomic mass is 32.2. The molecule has 2 heterocycles. The van der Waals surface area contributed by atoms with E-state index in [-0.39, 0.29) is 6.61 Å². The summed E-state index contributed by atoms with van der Waals surface area (Å²) in [5.41, 5.74) is 0. The predicted molar refractivity (Wildman–Crippen MR) is 55.8 cm³/mol. The highest BCUT2D eigenvalue weighted by Crippen LogP contribution is 2.34. The number of nitrogens with two attached hydrogens (primary N) is 1. The molecule has 7 heteroatoms. The van der Waals surface area contributed by atoms with Gasteiger partial charge in [-0.1, -0.05) is 5.16 Å². The molecule has 0 spiro atoms. The monoisotopic (exact) mass is 233 g/mol. The van der Waals surface area contributed by atoms with Gasteiger partial charge < -0.3 is 4.52 Å². The van der Waals surface area contributed by atoms with Gasteiger partial charge in [0, 0.05) is 17.3 Å². The molecule has 1 aromatic rings. The Bertz CT molecular complexity index is 288. The zero-order valence-electron chi connectivity index (χ0n) is 7.51. The van der Waals surface area contributed by atoms with Gasteiger partial charge >= 0.3 is 0 Å². The van der Waals surface area contributed by atoms with Crippen LogP contribution in [0.5, 0.6) is 0 Å². The number of rotatable bonds is 3. The van der Waals surface area contributed by atoms with Gasteiger partial charge in [-0.2, -0.15) is 16.7 Å². The molecule has 0 aliphatic carbocycles. The van der Waals surface area contributed by atoms with Gasteiger partial charge in [0.2, 0.25) is 0 Å². The fourth-order valence-corrected chi connectivity index (χ4v) is 3.75. The molecule has 1 fully saturated rings. The molecule has 1 aliphatic heterocycles. The Morgan fingerprint density at radius 3 is 3.21 bits per heavy atom. The molecule has 0 bridgehead atoms. The Kier molecular flexibility index (Phi) is 3.68. The van der Waals surface area contributed by atoms with Crippen LogP contribution in [-0.4, -0.2) is 27.4 Å². The van der Waals surface area contributed by atoms with Crippen molar-refractivity contribution in [2.75, 3.05) is 17.3 Å². The molecule has 78 valence electrons. The van der Waals surface area contributed by atoms with Gasteiger partial charge in [0.15, 0.2) is 5.82 Å². The van der Waals surface area contributed by atoms with E-state index in [4.69, 9.17) is 10.4 Å². The SMILES string of the molecule is NOCc1nc(C2CSCCS2)no1. The molecule has 0 amide bonds. The van der Waals surface area contributed by atoms with Crippen LogP contribution in [0.2, 0.25) is 0 Å². The number of aromatic nitrogens is 2. The van der Waals surface area contributed by atoms with Gasteiger partial charge in [-0.15, -0.1) is 11.8 Å². The van der Waals surface area contributed by atoms with Crippen molar-refractivity contribution in [1.82, 2.24) is 10.1 Å². The molecule has 14 heavy (non-hydrogen) atoms. The normalized spacial score (nSPS) is 22.5. The third kappa shape index (κ3) is 2.41. The van der Waals surface area contributed by atoms with Crippen LogP contribution in [0.1, 0.15) is 17.0 Å². The minimum absolute atomic E-state index is 0.178. The summed E-state index contributed by atoms with van der Waals surface area (Å²) in [5, 5.41) is 4.25. The van der Waals surface area contributed by atoms with Crippen molar-refractivity contribution in [1.29, 1.82) is 0 Å². The van der Waals surface area contributed by atoms with Crippen LogP contribution in [-0.2, 0) is 11.4 Å². The first kappa shape index (κ1) is 10.3. The molecule has 2 rings (SSSR count). The third-order valence-electron chi connectivity index (χ3n) is 1.79. The molecule has 1 unspecified atom stereocenters. The zero-order valence-corrected chi connectivity index (χ0v) is 9.14. The van der Waals surface area contributed by atoms with Crippen molar-refractivity contribution in [2.45, 2.75) is 11.9 Å². The lowest BCUT2D eigenvalue weighted by atomic mass is 10.4. The molecule has 1 atom stereocenters. The average Bonchev–Trinajstić information content (AvgIpc) is 2.68. The van der Waals surface area contributed by atoms with Gasteiger partial charge in [-0.25, -0.2) is 5.90 Å². The second-order valence-corrected chi connectivity index (χ2v) is 5.25. The standard InChI is InChI=1S/C7H11N3O2S2/c8-11-3-6-9-7(10-12-6)5-4-13-1-2-14-5/h5H,1-4,8H2. The molecule has 2 N–H and O–H groups in total. The van der Waals surface area contributed by atoms with E-state index in [1.807, 2.05) is 23.5 Å². The van der Waals surface area contributed by atoms with Gasteiger partial charge in [-0.05, 0) is 0 Å². The van der Waals surface area contributed by atoms with E-state index in [2.05, 4.69) is 15.0 Å². The van der Waals surface area contributed by atoms with Crippen molar-refractivity contribution in [3.8, 4) is 0 Å². The van der Waals surface area contributed by atoms with E-state index in [0.29, 0.717) is 11.1 Å². The second kappa shape index (κ2) is 5.01. The van der Waals surface area contributed by atoms with Gasteiger partial charge in [0.1, 0.15) is 6.61 Å². The van der Waals surface area contributed by atoms with E-state index >= 15 is 0 Å². The van der Waals surface area contributed by atoms with Crippen molar-refractivity contribution in [3.63, 3.8) is 0 Å². The van der Waals surface area contributed by atoms with Crippen LogP contribution in [0.25, 0.3) is 0 Å². The maximum Gasteiger partial charge on any atom is 0.254 e. The topological polar surface area (TPSA) is 74.2 Å². The van der Waals surface area contributed by atoms with Crippen LogP contribution in [0, 0.1) is 0 Å². The van der Waals surface area contributed by atoms with Crippen LogP contribution in [0.4, 0.5) is 0 Å². The maximum absolute atomic E-state index is 4.97. The highest BCUT2D eigenvalue weighted by molar-refractivity contribution is 8.06. The van der Waals surface area contributed by atoms with Crippen LogP contribution in [0.3, 0.4) is 0 Å². The molecule has 5 nitrogen and oxygen atoms in total. The molecule has 1 saturated heterocycles. The summed E-state index contributed by atoms with van der Waals surface area (Å²) in [5.74, 6) is 9.51. The number of nitrogens with zero attached hydrogens (tertiary/aromatic N) is 2. The molecule has 1 aliphatic rings. The van der Waals surface area contributed by atoms with Crippen LogP contribution < -0.4 is 5.90 Å². The maximum atomic E-state index is 4.97. The van der Waals surface area contributed by atoms with Crippen LogP contribution in [0.15, 0.2) is 4.52 Å². The number of hydrogen-bond acceptors (Lipinski definition) is 7. The van der Waals surface area contributed by atoms with Crippen LogP contribution >= 0.6 is 23.5 Å². The van der Waals surface area contributed by atoms with Gasteiger partial charge in [0.25, 0.3) is 5.89 Å². The molecule has 1 aromatic heterocycles. The summed E-state index contributed by atoms with van der Waals surface area (Å²) in [4.78, 5) is 8.63. The van der Waals surface area contributed by atoms with E-state index in [1.54, 1.807) is 0 Å². The minimum atomic E-state index is 0.178. The van der Waals surface area contributed by atoms with Gasteiger partial charge in [0.05, 0.1) is 5.25 Å². The van der Waals surface area contributed by atoms with E-state index in [0.717, 1.165) is 17.3 Å². The first-order chi connectivity index (χ1) is 6.90. The lowest BCUT2D eigenvalue weighted by molar-refractivity contribution is 0.0995. The van der Waals surface area contributed by atoms with E-state index < -0.39 is 0 Å². The summed E-state index contributed by atoms with van der Waals surface area (Å²) in [6.07, 6.45) is 0. The summed E-state index contributed by atoms with van der Waals surface area (Å²) in [6, 6.07) is 0. The molecule has 0 radical (unpaired) electrons. The summed E-state index contributed by atoms with van der Waals surface area (Å²) in [7, 11) is 0. The fraction of sp³-hybridized carbons (Fsp3) is 0.714.